The molecule has 0 amide bonds. The summed E-state index contributed by atoms with van der Waals surface area (Å²) in [4.78, 5) is 8.49. The Labute approximate surface area is 118 Å². The second-order valence-corrected chi connectivity index (χ2v) is 4.90. The molecule has 4 heteroatoms. The third-order valence-corrected chi connectivity index (χ3v) is 3.53. The fraction of sp³-hybridized carbons (Fsp3) is 0.250. The van der Waals surface area contributed by atoms with Crippen molar-refractivity contribution in [3.63, 3.8) is 0 Å². The van der Waals surface area contributed by atoms with Gasteiger partial charge in [0.15, 0.2) is 0 Å². The summed E-state index contributed by atoms with van der Waals surface area (Å²) in [6.07, 6.45) is 8.52. The third kappa shape index (κ3) is 2.70. The highest BCUT2D eigenvalue weighted by Crippen LogP contribution is 2.17. The number of nitrogens with one attached hydrogen (secondary N) is 1. The standard InChI is InChI=1S/C16H18N4/c1-20-10-9-19-16(20)6-8-18-12-14-4-2-3-13-11-17-7-5-15(13)14/h2-5,7,9-11,18H,6,8,12H2,1H3. The molecule has 0 radical (unpaired) electrons. The molecule has 102 valence electrons. The van der Waals surface area contributed by atoms with Crippen LogP contribution >= 0.6 is 0 Å². The molecule has 0 spiro atoms. The number of imidazole rings is 1. The van der Waals surface area contributed by atoms with Gasteiger partial charge in [0, 0.05) is 56.7 Å². The highest BCUT2D eigenvalue weighted by atomic mass is 15.0. The molecule has 2 aromatic heterocycles. The van der Waals surface area contributed by atoms with E-state index >= 15 is 0 Å². The number of nitrogens with zero attached hydrogens (tertiary/aromatic N) is 3. The first-order chi connectivity index (χ1) is 9.84. The smallest absolute Gasteiger partial charge is 0.109 e. The van der Waals surface area contributed by atoms with E-state index in [1.54, 1.807) is 0 Å². The lowest BCUT2D eigenvalue weighted by Gasteiger charge is -2.08. The molecule has 0 atom stereocenters. The Morgan fingerprint density at radius 2 is 2.15 bits per heavy atom. The number of pyridine rings is 1. The number of aromatic nitrogens is 3. The van der Waals surface area contributed by atoms with Gasteiger partial charge < -0.3 is 9.88 Å². The van der Waals surface area contributed by atoms with Gasteiger partial charge in [0.2, 0.25) is 0 Å². The fourth-order valence-corrected chi connectivity index (χ4v) is 2.40. The summed E-state index contributed by atoms with van der Waals surface area (Å²) < 4.78 is 2.06. The van der Waals surface area contributed by atoms with Crippen molar-refractivity contribution in [1.29, 1.82) is 0 Å². The van der Waals surface area contributed by atoms with Gasteiger partial charge in [0.1, 0.15) is 5.82 Å². The van der Waals surface area contributed by atoms with Crippen LogP contribution < -0.4 is 5.32 Å². The predicted molar refractivity (Wildman–Crippen MR) is 80.4 cm³/mol. The summed E-state index contributed by atoms with van der Waals surface area (Å²) in [5.74, 6) is 1.11. The maximum atomic E-state index is 4.32. The lowest BCUT2D eigenvalue weighted by molar-refractivity contribution is 0.657. The van der Waals surface area contributed by atoms with E-state index in [2.05, 4.69) is 44.1 Å². The van der Waals surface area contributed by atoms with Crippen LogP contribution in [-0.4, -0.2) is 21.1 Å². The third-order valence-electron chi connectivity index (χ3n) is 3.53. The zero-order valence-corrected chi connectivity index (χ0v) is 11.6. The minimum atomic E-state index is 0.867. The van der Waals surface area contributed by atoms with E-state index in [1.165, 1.54) is 16.3 Å². The summed E-state index contributed by atoms with van der Waals surface area (Å²) in [6.45, 7) is 1.79. The second kappa shape index (κ2) is 5.84. The molecular weight excluding hydrogens is 248 g/mol. The Morgan fingerprint density at radius 1 is 1.20 bits per heavy atom. The van der Waals surface area contributed by atoms with Crippen molar-refractivity contribution in [3.8, 4) is 0 Å². The number of aryl methyl sites for hydroxylation is 1. The average molecular weight is 266 g/mol. The zero-order valence-electron chi connectivity index (χ0n) is 11.6. The van der Waals surface area contributed by atoms with Gasteiger partial charge in [-0.2, -0.15) is 0 Å². The van der Waals surface area contributed by atoms with Crippen LogP contribution in [0.4, 0.5) is 0 Å². The van der Waals surface area contributed by atoms with Crippen molar-refractivity contribution < 1.29 is 0 Å². The number of rotatable bonds is 5. The quantitative estimate of drug-likeness (QED) is 0.721. The second-order valence-electron chi connectivity index (χ2n) is 4.90. The predicted octanol–water partition coefficient (Wildman–Crippen LogP) is 2.30. The first kappa shape index (κ1) is 12.8. The van der Waals surface area contributed by atoms with Crippen molar-refractivity contribution in [2.45, 2.75) is 13.0 Å². The van der Waals surface area contributed by atoms with Crippen LogP contribution in [0.2, 0.25) is 0 Å². The van der Waals surface area contributed by atoms with Gasteiger partial charge in [-0.3, -0.25) is 4.98 Å². The maximum Gasteiger partial charge on any atom is 0.109 e. The summed E-state index contributed by atoms with van der Waals surface area (Å²) >= 11 is 0. The van der Waals surface area contributed by atoms with E-state index in [1.807, 2.05) is 31.8 Å². The molecule has 2 heterocycles. The first-order valence-corrected chi connectivity index (χ1v) is 6.83. The number of fused-ring (bicyclic) bond motifs is 1. The molecule has 4 nitrogen and oxygen atoms in total. The van der Waals surface area contributed by atoms with E-state index in [0.717, 1.165) is 25.3 Å². The lowest BCUT2D eigenvalue weighted by atomic mass is 10.1. The molecule has 0 unspecified atom stereocenters. The van der Waals surface area contributed by atoms with Crippen molar-refractivity contribution in [2.75, 3.05) is 6.54 Å². The normalized spacial score (nSPS) is 11.1. The van der Waals surface area contributed by atoms with Crippen LogP contribution in [0.3, 0.4) is 0 Å². The van der Waals surface area contributed by atoms with Gasteiger partial charge in [-0.15, -0.1) is 0 Å². The summed E-state index contributed by atoms with van der Waals surface area (Å²) in [6, 6.07) is 8.42. The van der Waals surface area contributed by atoms with Gasteiger partial charge >= 0.3 is 0 Å². The molecule has 3 aromatic rings. The first-order valence-electron chi connectivity index (χ1n) is 6.83. The van der Waals surface area contributed by atoms with Crippen LogP contribution in [0.1, 0.15) is 11.4 Å². The Kier molecular flexibility index (Phi) is 3.74. The highest BCUT2D eigenvalue weighted by Gasteiger charge is 2.01. The molecular formula is C16H18N4. The van der Waals surface area contributed by atoms with Gasteiger partial charge in [0.25, 0.3) is 0 Å². The average Bonchev–Trinajstić information content (AvgIpc) is 2.89. The van der Waals surface area contributed by atoms with Crippen LogP contribution in [0.25, 0.3) is 10.8 Å². The van der Waals surface area contributed by atoms with Gasteiger partial charge in [0.05, 0.1) is 0 Å². The minimum Gasteiger partial charge on any atom is -0.338 e. The van der Waals surface area contributed by atoms with Gasteiger partial charge in [-0.05, 0) is 17.0 Å². The van der Waals surface area contributed by atoms with E-state index in [4.69, 9.17) is 0 Å². The zero-order chi connectivity index (χ0) is 13.8. The van der Waals surface area contributed by atoms with E-state index in [0.29, 0.717) is 0 Å². The molecule has 0 saturated heterocycles. The minimum absolute atomic E-state index is 0.867. The Balaban J connectivity index is 1.62. The Bertz CT molecular complexity index is 697. The van der Waals surface area contributed by atoms with E-state index in [-0.39, 0.29) is 0 Å². The van der Waals surface area contributed by atoms with Crippen molar-refractivity contribution in [1.82, 2.24) is 19.9 Å². The molecule has 20 heavy (non-hydrogen) atoms. The fourth-order valence-electron chi connectivity index (χ4n) is 2.40. The molecule has 0 bridgehead atoms. The molecule has 0 aliphatic rings. The van der Waals surface area contributed by atoms with Crippen molar-refractivity contribution in [3.05, 3.63) is 60.4 Å². The summed E-state index contributed by atoms with van der Waals surface area (Å²) in [5.41, 5.74) is 1.31. The molecule has 0 aliphatic heterocycles. The van der Waals surface area contributed by atoms with E-state index < -0.39 is 0 Å². The molecule has 1 aromatic carbocycles. The maximum absolute atomic E-state index is 4.32. The van der Waals surface area contributed by atoms with Crippen LogP contribution in [-0.2, 0) is 20.0 Å². The highest BCUT2D eigenvalue weighted by molar-refractivity contribution is 5.84. The van der Waals surface area contributed by atoms with Gasteiger partial charge in [-0.1, -0.05) is 18.2 Å². The summed E-state index contributed by atoms with van der Waals surface area (Å²) in [5, 5.41) is 5.95. The largest absolute Gasteiger partial charge is 0.338 e. The van der Waals surface area contributed by atoms with Crippen molar-refractivity contribution in [2.24, 2.45) is 7.05 Å². The molecule has 0 fully saturated rings. The SMILES string of the molecule is Cn1ccnc1CCNCc1cccc2cnccc12. The molecule has 3 rings (SSSR count). The van der Waals surface area contributed by atoms with Crippen LogP contribution in [0, 0.1) is 0 Å². The van der Waals surface area contributed by atoms with Crippen LogP contribution in [0.5, 0.6) is 0 Å². The topological polar surface area (TPSA) is 42.7 Å². The molecule has 1 N–H and O–H groups in total. The van der Waals surface area contributed by atoms with E-state index in [9.17, 15) is 0 Å². The summed E-state index contributed by atoms with van der Waals surface area (Å²) in [7, 11) is 2.03. The Morgan fingerprint density at radius 3 is 3.00 bits per heavy atom. The monoisotopic (exact) mass is 266 g/mol. The molecule has 0 saturated carbocycles. The molecule has 0 aliphatic carbocycles. The lowest BCUT2D eigenvalue weighted by Crippen LogP contribution is -2.18. The number of hydrogen-bond acceptors (Lipinski definition) is 3. The Hall–Kier alpha value is -2.20. The van der Waals surface area contributed by atoms with Crippen molar-refractivity contribution >= 4 is 10.8 Å². The van der Waals surface area contributed by atoms with Gasteiger partial charge in [-0.25, -0.2) is 4.98 Å². The number of hydrogen-bond donors (Lipinski definition) is 1. The number of benzene rings is 1. The van der Waals surface area contributed by atoms with Crippen LogP contribution in [0.15, 0.2) is 49.1 Å².